The van der Waals surface area contributed by atoms with Crippen molar-refractivity contribution in [3.05, 3.63) is 212 Å². The number of furan rings is 2. The molecular weight excluding hydrogens is 873 g/mol. The summed E-state index contributed by atoms with van der Waals surface area (Å²) in [6.45, 7) is 6.52. The van der Waals surface area contributed by atoms with E-state index in [0.717, 1.165) is 33.2 Å². The van der Waals surface area contributed by atoms with Crippen molar-refractivity contribution in [2.75, 3.05) is 0 Å². The van der Waals surface area contributed by atoms with E-state index in [0.29, 0.717) is 44.9 Å². The van der Waals surface area contributed by atoms with Gasteiger partial charge in [-0.1, -0.05) is 136 Å². The summed E-state index contributed by atoms with van der Waals surface area (Å²) in [6.07, 6.45) is 5.43. The average Bonchev–Trinajstić information content (AvgIpc) is 1.73. The lowest BCUT2D eigenvalue weighted by atomic mass is 9.86. The lowest BCUT2D eigenvalue weighted by Crippen LogP contribution is -2.31. The molecule has 1 aliphatic heterocycles. The molecule has 0 spiro atoms. The van der Waals surface area contributed by atoms with Crippen molar-refractivity contribution in [2.24, 2.45) is 0 Å². The van der Waals surface area contributed by atoms with Gasteiger partial charge in [-0.3, -0.25) is 13.7 Å². The highest BCUT2D eigenvalue weighted by Crippen LogP contribution is 2.50. The Bertz CT molecular complexity index is 5280. The van der Waals surface area contributed by atoms with Gasteiger partial charge in [0, 0.05) is 44.6 Å². The van der Waals surface area contributed by atoms with Crippen LogP contribution in [0.5, 0.6) is 11.5 Å². The Balaban J connectivity index is 1.03. The molecule has 0 saturated heterocycles. The standard InChI is InChI=1S/C64H42N4O3/c1-64(2,3)38-32-33-65-58(34-38)68-51-22-9-6-18-44(51)45-27-26-41(36-53(45)68)69-40-15-12-14-39(35-40)66-37-67-62-47(21-13-23-52(62)66)43-17-5-4-16-42(43)46-28-30-56-60(48-19-7-10-24-54(48)70-56)59(46)50-29-31-57-61(63(50)67)49-20-8-11-25-55(49)71-57/h4-36H,1-3H3/i7D,8D,10D,11D,19D,20D,24D,25D,28D,29D,30D,31D. The van der Waals surface area contributed by atoms with Crippen LogP contribution >= 0.6 is 0 Å². The molecule has 14 aromatic rings. The molecule has 5 aromatic heterocycles. The maximum absolute atomic E-state index is 10.2. The summed E-state index contributed by atoms with van der Waals surface area (Å²) >= 11 is 0. The van der Waals surface area contributed by atoms with Crippen LogP contribution in [0.3, 0.4) is 0 Å². The summed E-state index contributed by atoms with van der Waals surface area (Å²) in [5.41, 5.74) is 5.07. The molecule has 1 aliphatic rings. The van der Waals surface area contributed by atoms with Gasteiger partial charge in [-0.05, 0) is 117 Å². The van der Waals surface area contributed by atoms with Gasteiger partial charge >= 0.3 is 0 Å². The molecule has 0 atom stereocenters. The molecule has 0 fully saturated rings. The second kappa shape index (κ2) is 14.7. The van der Waals surface area contributed by atoms with Crippen LogP contribution in [0.2, 0.25) is 0 Å². The van der Waals surface area contributed by atoms with E-state index >= 15 is 0 Å². The third kappa shape index (κ3) is 5.84. The quantitative estimate of drug-likeness (QED) is 0.130. The normalized spacial score (nSPS) is 14.8. The molecule has 0 bridgehead atoms. The average molecular weight is 927 g/mol. The van der Waals surface area contributed by atoms with Gasteiger partial charge in [0.25, 0.3) is 6.33 Å². The van der Waals surface area contributed by atoms with Crippen LogP contribution in [0.4, 0.5) is 0 Å². The maximum atomic E-state index is 10.2. The zero-order chi connectivity index (χ0) is 57.6. The molecule has 7 nitrogen and oxygen atoms in total. The molecule has 9 aromatic carbocycles. The Kier molecular flexibility index (Phi) is 6.12. The van der Waals surface area contributed by atoms with Crippen molar-refractivity contribution in [3.63, 3.8) is 0 Å². The highest BCUT2D eigenvalue weighted by Gasteiger charge is 2.30. The molecule has 0 saturated carbocycles. The number of hydrogen-bond acceptors (Lipinski definition) is 4. The van der Waals surface area contributed by atoms with Crippen molar-refractivity contribution in [3.8, 4) is 62.1 Å². The number of pyridine rings is 1. The number of hydrogen-bond donors (Lipinski definition) is 0. The molecule has 71 heavy (non-hydrogen) atoms. The lowest BCUT2D eigenvalue weighted by Gasteiger charge is -2.20. The number of ether oxygens (including phenoxy) is 1. The first-order valence-electron chi connectivity index (χ1n) is 29.1. The number of imidazole rings is 1. The fraction of sp³-hybridized carbons (Fsp3) is 0.0625. The Morgan fingerprint density at radius 2 is 1.21 bits per heavy atom. The molecule has 6 heterocycles. The van der Waals surface area contributed by atoms with Crippen LogP contribution in [0.15, 0.2) is 209 Å². The maximum Gasteiger partial charge on any atom is 0.269 e. The lowest BCUT2D eigenvalue weighted by molar-refractivity contribution is -0.569. The molecule has 0 aliphatic carbocycles. The van der Waals surface area contributed by atoms with Crippen molar-refractivity contribution in [1.29, 1.82) is 0 Å². The zero-order valence-electron chi connectivity index (χ0n) is 50.1. The number of nitrogens with zero attached hydrogens (tertiary/aromatic N) is 4. The van der Waals surface area contributed by atoms with Gasteiger partial charge in [0.05, 0.1) is 49.9 Å². The van der Waals surface area contributed by atoms with Gasteiger partial charge < -0.3 is 13.6 Å². The van der Waals surface area contributed by atoms with E-state index in [1.165, 1.54) is 0 Å². The molecule has 7 heteroatoms. The van der Waals surface area contributed by atoms with Crippen LogP contribution in [-0.4, -0.2) is 14.1 Å². The van der Waals surface area contributed by atoms with Crippen LogP contribution in [0.1, 0.15) is 42.8 Å². The summed E-state index contributed by atoms with van der Waals surface area (Å²) in [4.78, 5) is 4.86. The molecule has 0 radical (unpaired) electrons. The first-order chi connectivity index (χ1) is 39.8. The van der Waals surface area contributed by atoms with Crippen molar-refractivity contribution in [1.82, 2.24) is 14.1 Å². The summed E-state index contributed by atoms with van der Waals surface area (Å²) in [5.74, 6) is 1.79. The number of aromatic nitrogens is 4. The first kappa shape index (κ1) is 29.6. The van der Waals surface area contributed by atoms with Crippen molar-refractivity contribution < 1.29 is 34.6 Å². The zero-order valence-corrected chi connectivity index (χ0v) is 38.1. The minimum absolute atomic E-state index is 0.00423. The summed E-state index contributed by atoms with van der Waals surface area (Å²) in [7, 11) is 0. The Labute approximate surface area is 424 Å². The van der Waals surface area contributed by atoms with Gasteiger partial charge in [-0.15, -0.1) is 0 Å². The third-order valence-electron chi connectivity index (χ3n) is 13.7. The second-order valence-corrected chi connectivity index (χ2v) is 18.8. The minimum Gasteiger partial charge on any atom is -0.458 e. The Morgan fingerprint density at radius 1 is 0.549 bits per heavy atom. The first-order valence-corrected chi connectivity index (χ1v) is 23.1. The number of para-hydroxylation sites is 4. The van der Waals surface area contributed by atoms with E-state index in [2.05, 4.69) is 49.9 Å². The van der Waals surface area contributed by atoms with E-state index in [-0.39, 0.29) is 77.7 Å². The second-order valence-electron chi connectivity index (χ2n) is 18.8. The number of benzene rings is 9. The van der Waals surface area contributed by atoms with Crippen LogP contribution in [-0.2, 0) is 5.41 Å². The summed E-state index contributed by atoms with van der Waals surface area (Å²) < 4.78 is 137. The topological polar surface area (TPSA) is 62.1 Å². The van der Waals surface area contributed by atoms with Gasteiger partial charge in [-0.2, -0.15) is 0 Å². The van der Waals surface area contributed by atoms with Gasteiger partial charge in [-0.25, -0.2) is 4.98 Å². The van der Waals surface area contributed by atoms with E-state index in [9.17, 15) is 8.22 Å². The Hall–Kier alpha value is -9.20. The van der Waals surface area contributed by atoms with Gasteiger partial charge in [0.2, 0.25) is 0 Å². The molecular formula is C64H42N4O3. The summed E-state index contributed by atoms with van der Waals surface area (Å²) in [6, 6.07) is 32.5. The predicted molar refractivity (Wildman–Crippen MR) is 285 cm³/mol. The van der Waals surface area contributed by atoms with Crippen LogP contribution in [0, 0.1) is 6.33 Å². The van der Waals surface area contributed by atoms with E-state index in [1.54, 1.807) is 21.3 Å². The SMILES string of the molecule is [2H]c1c([2H])c([2H])c2c(oc3c([2H])c([2H])c4c(c32)-c2c([2H])c([2H])c3oc5c([2H])c([2H])c([2H])c([2H])c5c3c2-[n+]2[c-]n(-c3cccc(Oc5ccc6c7ccccc7n(-c7cc(C(C)(C)C)ccn7)c6c5)c3)c3cccc(c32)-c2ccccc2-4)c1[2H]. The summed E-state index contributed by atoms with van der Waals surface area (Å²) in [5, 5.41) is 1.83. The fourth-order valence-electron chi connectivity index (χ4n) is 10.5. The van der Waals surface area contributed by atoms with Crippen molar-refractivity contribution >= 4 is 76.7 Å². The predicted octanol–water partition coefficient (Wildman–Crippen LogP) is 16.4. The monoisotopic (exact) mass is 926 g/mol. The Morgan fingerprint density at radius 3 is 2.03 bits per heavy atom. The van der Waals surface area contributed by atoms with E-state index in [1.807, 2.05) is 97.2 Å². The van der Waals surface area contributed by atoms with Crippen LogP contribution in [0.25, 0.3) is 127 Å². The minimum atomic E-state index is -0.591. The number of fused-ring (bicyclic) bond motifs is 18. The largest absolute Gasteiger partial charge is 0.458 e. The van der Waals surface area contributed by atoms with Gasteiger partial charge in [0.15, 0.2) is 0 Å². The molecule has 336 valence electrons. The molecule has 0 amide bonds. The van der Waals surface area contributed by atoms with E-state index < -0.39 is 66.5 Å². The molecule has 0 unspecified atom stereocenters. The molecule has 15 rings (SSSR count). The van der Waals surface area contributed by atoms with E-state index in [4.69, 9.17) is 26.8 Å². The number of rotatable bonds is 4. The fourth-order valence-corrected chi connectivity index (χ4v) is 10.5. The highest BCUT2D eigenvalue weighted by atomic mass is 16.5. The molecule has 0 N–H and O–H groups in total. The van der Waals surface area contributed by atoms with Crippen molar-refractivity contribution in [2.45, 2.75) is 26.2 Å². The third-order valence-corrected chi connectivity index (χ3v) is 13.7. The smallest absolute Gasteiger partial charge is 0.269 e. The highest BCUT2D eigenvalue weighted by molar-refractivity contribution is 6.20. The van der Waals surface area contributed by atoms with Gasteiger partial charge in [0.1, 0.15) is 39.6 Å². The van der Waals surface area contributed by atoms with Crippen LogP contribution < -0.4 is 9.30 Å².